The van der Waals surface area contributed by atoms with Crippen molar-refractivity contribution >= 4 is 23.3 Å². The molecule has 2 rings (SSSR count). The monoisotopic (exact) mass is 289 g/mol. The average molecular weight is 289 g/mol. The standard InChI is InChI=1S/C13H11N3O5/c17-12(18)5-8-3-1-2-4-10(8)15-13(19)11-6-9(7-14-11)16(20)21/h1-4,6-7,14H,5H2,(H,15,19)(H,17,18). The fraction of sp³-hybridized carbons (Fsp3) is 0.0769. The number of carbonyl (C=O) groups is 2. The van der Waals surface area contributed by atoms with E-state index in [0.29, 0.717) is 11.3 Å². The maximum atomic E-state index is 12.0. The summed E-state index contributed by atoms with van der Waals surface area (Å²) >= 11 is 0. The molecule has 0 unspecified atom stereocenters. The number of para-hydroxylation sites is 1. The highest BCUT2D eigenvalue weighted by atomic mass is 16.6. The van der Waals surface area contributed by atoms with E-state index in [4.69, 9.17) is 5.11 Å². The Morgan fingerprint density at radius 1 is 1.33 bits per heavy atom. The van der Waals surface area contributed by atoms with Gasteiger partial charge in [-0.1, -0.05) is 18.2 Å². The zero-order valence-corrected chi connectivity index (χ0v) is 10.7. The van der Waals surface area contributed by atoms with Crippen LogP contribution in [0.15, 0.2) is 36.5 Å². The molecule has 1 aromatic carbocycles. The Balaban J connectivity index is 2.19. The van der Waals surface area contributed by atoms with Gasteiger partial charge in [0.2, 0.25) is 0 Å². The number of aromatic amines is 1. The molecule has 8 nitrogen and oxygen atoms in total. The number of carboxylic acids is 1. The molecule has 1 heterocycles. The molecule has 8 heteroatoms. The summed E-state index contributed by atoms with van der Waals surface area (Å²) in [5, 5.41) is 21.9. The molecule has 0 atom stereocenters. The van der Waals surface area contributed by atoms with Crippen LogP contribution >= 0.6 is 0 Å². The number of carboxylic acid groups (broad SMARTS) is 1. The lowest BCUT2D eigenvalue weighted by Crippen LogP contribution is -2.14. The first-order valence-corrected chi connectivity index (χ1v) is 5.91. The average Bonchev–Trinajstić information content (AvgIpc) is 2.90. The van der Waals surface area contributed by atoms with Crippen molar-refractivity contribution in [1.29, 1.82) is 0 Å². The molecule has 0 bridgehead atoms. The fourth-order valence-electron chi connectivity index (χ4n) is 1.77. The number of nitro groups is 1. The number of nitrogens with one attached hydrogen (secondary N) is 2. The molecule has 0 saturated heterocycles. The summed E-state index contributed by atoms with van der Waals surface area (Å²) in [6.45, 7) is 0. The number of hydrogen-bond acceptors (Lipinski definition) is 4. The first-order chi connectivity index (χ1) is 9.97. The summed E-state index contributed by atoms with van der Waals surface area (Å²) in [5.41, 5.74) is 0.590. The number of H-pyrrole nitrogens is 1. The molecule has 0 radical (unpaired) electrons. The molecule has 2 aromatic rings. The lowest BCUT2D eigenvalue weighted by atomic mass is 10.1. The molecule has 0 spiro atoms. The molecule has 0 aliphatic carbocycles. The second kappa shape index (κ2) is 5.87. The predicted octanol–water partition coefficient (Wildman–Crippen LogP) is 1.80. The molecule has 0 fully saturated rings. The van der Waals surface area contributed by atoms with Crippen LogP contribution in [0.2, 0.25) is 0 Å². The van der Waals surface area contributed by atoms with Crippen LogP contribution in [0.4, 0.5) is 11.4 Å². The van der Waals surface area contributed by atoms with Gasteiger partial charge in [-0.2, -0.15) is 0 Å². The molecule has 3 N–H and O–H groups in total. The smallest absolute Gasteiger partial charge is 0.307 e. The zero-order valence-electron chi connectivity index (χ0n) is 10.7. The third-order valence-electron chi connectivity index (χ3n) is 2.73. The van der Waals surface area contributed by atoms with Crippen LogP contribution in [0.25, 0.3) is 0 Å². The Hall–Kier alpha value is -3.16. The van der Waals surface area contributed by atoms with Crippen molar-refractivity contribution < 1.29 is 19.6 Å². The topological polar surface area (TPSA) is 125 Å². The molecular formula is C13H11N3O5. The van der Waals surface area contributed by atoms with Gasteiger partial charge in [0.25, 0.3) is 11.6 Å². The van der Waals surface area contributed by atoms with E-state index < -0.39 is 16.8 Å². The van der Waals surface area contributed by atoms with Crippen LogP contribution in [0, 0.1) is 10.1 Å². The minimum Gasteiger partial charge on any atom is -0.481 e. The zero-order chi connectivity index (χ0) is 15.4. The van der Waals surface area contributed by atoms with Gasteiger partial charge in [-0.3, -0.25) is 19.7 Å². The first kappa shape index (κ1) is 14.3. The highest BCUT2D eigenvalue weighted by Gasteiger charge is 2.16. The van der Waals surface area contributed by atoms with E-state index in [2.05, 4.69) is 10.3 Å². The van der Waals surface area contributed by atoms with E-state index in [9.17, 15) is 19.7 Å². The summed E-state index contributed by atoms with van der Waals surface area (Å²) in [4.78, 5) is 35.2. The van der Waals surface area contributed by atoms with Gasteiger partial charge in [-0.25, -0.2) is 0 Å². The number of anilines is 1. The van der Waals surface area contributed by atoms with Crippen molar-refractivity contribution in [3.8, 4) is 0 Å². The lowest BCUT2D eigenvalue weighted by molar-refractivity contribution is -0.384. The van der Waals surface area contributed by atoms with Gasteiger partial charge in [-0.15, -0.1) is 0 Å². The number of nitrogens with zero attached hydrogens (tertiary/aromatic N) is 1. The Labute approximate surface area is 118 Å². The number of rotatable bonds is 5. The van der Waals surface area contributed by atoms with Crippen LogP contribution in [0.5, 0.6) is 0 Å². The summed E-state index contributed by atoms with van der Waals surface area (Å²) in [5.74, 6) is -1.60. The maximum Gasteiger partial charge on any atom is 0.307 e. The Kier molecular flexibility index (Phi) is 3.98. The molecular weight excluding hydrogens is 278 g/mol. The quantitative estimate of drug-likeness (QED) is 0.571. The van der Waals surface area contributed by atoms with Gasteiger partial charge in [0.1, 0.15) is 5.69 Å². The number of aliphatic carboxylic acids is 1. The summed E-state index contributed by atoms with van der Waals surface area (Å²) < 4.78 is 0. The molecule has 0 aliphatic rings. The van der Waals surface area contributed by atoms with E-state index >= 15 is 0 Å². The second-order valence-electron chi connectivity index (χ2n) is 4.21. The SMILES string of the molecule is O=C(O)Cc1ccccc1NC(=O)c1cc([N+](=O)[O-])c[nH]1. The molecule has 0 saturated carbocycles. The molecule has 0 aliphatic heterocycles. The predicted molar refractivity (Wildman–Crippen MR) is 73.2 cm³/mol. The van der Waals surface area contributed by atoms with Crippen molar-refractivity contribution in [2.75, 3.05) is 5.32 Å². The number of hydrogen-bond donors (Lipinski definition) is 3. The highest BCUT2D eigenvalue weighted by molar-refractivity contribution is 6.04. The van der Waals surface area contributed by atoms with Crippen molar-refractivity contribution in [3.05, 3.63) is 57.9 Å². The molecule has 108 valence electrons. The number of amides is 1. The maximum absolute atomic E-state index is 12.0. The first-order valence-electron chi connectivity index (χ1n) is 5.91. The van der Waals surface area contributed by atoms with E-state index in [1.165, 1.54) is 0 Å². The number of aromatic nitrogens is 1. The summed E-state index contributed by atoms with van der Waals surface area (Å²) in [6.07, 6.45) is 0.874. The largest absolute Gasteiger partial charge is 0.481 e. The van der Waals surface area contributed by atoms with Gasteiger partial charge in [0.05, 0.1) is 17.5 Å². The third-order valence-corrected chi connectivity index (χ3v) is 2.73. The normalized spacial score (nSPS) is 10.1. The van der Waals surface area contributed by atoms with Crippen molar-refractivity contribution in [2.24, 2.45) is 0 Å². The van der Waals surface area contributed by atoms with Gasteiger partial charge in [0.15, 0.2) is 0 Å². The molecule has 1 amide bonds. The minimum atomic E-state index is -1.02. The summed E-state index contributed by atoms with van der Waals surface area (Å²) in [6, 6.07) is 7.56. The van der Waals surface area contributed by atoms with Crippen molar-refractivity contribution in [1.82, 2.24) is 4.98 Å². The van der Waals surface area contributed by atoms with Crippen LogP contribution in [-0.4, -0.2) is 26.9 Å². The van der Waals surface area contributed by atoms with E-state index in [0.717, 1.165) is 12.3 Å². The molecule has 1 aromatic heterocycles. The van der Waals surface area contributed by atoms with E-state index in [1.54, 1.807) is 24.3 Å². The Bertz CT molecular complexity index is 707. The Morgan fingerprint density at radius 2 is 2.05 bits per heavy atom. The van der Waals surface area contributed by atoms with Crippen LogP contribution < -0.4 is 5.32 Å². The molecule has 21 heavy (non-hydrogen) atoms. The third kappa shape index (κ3) is 3.44. The van der Waals surface area contributed by atoms with E-state index in [-0.39, 0.29) is 17.8 Å². The van der Waals surface area contributed by atoms with Gasteiger partial charge in [-0.05, 0) is 11.6 Å². The van der Waals surface area contributed by atoms with Crippen LogP contribution in [-0.2, 0) is 11.2 Å². The number of carbonyl (C=O) groups excluding carboxylic acids is 1. The lowest BCUT2D eigenvalue weighted by Gasteiger charge is -2.08. The Morgan fingerprint density at radius 3 is 2.67 bits per heavy atom. The van der Waals surface area contributed by atoms with Gasteiger partial charge >= 0.3 is 5.97 Å². The highest BCUT2D eigenvalue weighted by Crippen LogP contribution is 2.18. The van der Waals surface area contributed by atoms with Crippen LogP contribution in [0.1, 0.15) is 16.1 Å². The van der Waals surface area contributed by atoms with Crippen molar-refractivity contribution in [2.45, 2.75) is 6.42 Å². The van der Waals surface area contributed by atoms with Crippen LogP contribution in [0.3, 0.4) is 0 Å². The minimum absolute atomic E-state index is 0.0202. The fourth-order valence-corrected chi connectivity index (χ4v) is 1.77. The second-order valence-corrected chi connectivity index (χ2v) is 4.21. The summed E-state index contributed by atoms with van der Waals surface area (Å²) in [7, 11) is 0. The van der Waals surface area contributed by atoms with E-state index in [1.807, 2.05) is 0 Å². The van der Waals surface area contributed by atoms with Gasteiger partial charge < -0.3 is 15.4 Å². The van der Waals surface area contributed by atoms with Crippen molar-refractivity contribution in [3.63, 3.8) is 0 Å². The number of benzene rings is 1. The van der Waals surface area contributed by atoms with Gasteiger partial charge in [0, 0.05) is 11.8 Å².